The Hall–Kier alpha value is -3.35. The lowest BCUT2D eigenvalue weighted by molar-refractivity contribution is -0.130. The zero-order valence-electron chi connectivity index (χ0n) is 16.1. The molecule has 3 rings (SSSR count). The molecule has 3 amide bonds. The van der Waals surface area contributed by atoms with Gasteiger partial charge in [0.2, 0.25) is 11.8 Å². The maximum absolute atomic E-state index is 12.8. The number of hydrogen-bond acceptors (Lipinski definition) is 4. The molecule has 0 saturated carbocycles. The van der Waals surface area contributed by atoms with Crippen LogP contribution in [0.15, 0.2) is 60.7 Å². The van der Waals surface area contributed by atoms with E-state index in [1.54, 1.807) is 0 Å². The predicted molar refractivity (Wildman–Crippen MR) is 108 cm³/mol. The summed E-state index contributed by atoms with van der Waals surface area (Å²) in [5.74, 6) is -1.00. The molecule has 0 spiro atoms. The van der Waals surface area contributed by atoms with Crippen LogP contribution in [0, 0.1) is 0 Å². The third-order valence-corrected chi connectivity index (χ3v) is 4.94. The summed E-state index contributed by atoms with van der Waals surface area (Å²) in [5.41, 5.74) is 7.24. The number of nitrogens with zero attached hydrogens (tertiary/aromatic N) is 1. The normalized spacial score (nSPS) is 16.8. The van der Waals surface area contributed by atoms with Crippen LogP contribution in [0.3, 0.4) is 0 Å². The van der Waals surface area contributed by atoms with Gasteiger partial charge < -0.3 is 15.8 Å². The van der Waals surface area contributed by atoms with E-state index in [0.29, 0.717) is 25.8 Å². The van der Waals surface area contributed by atoms with Crippen LogP contribution in [0.2, 0.25) is 0 Å². The molecule has 29 heavy (non-hydrogen) atoms. The number of carbonyl (C=O) groups excluding carboxylic acids is 3. The minimum Gasteiger partial charge on any atom is -0.445 e. The van der Waals surface area contributed by atoms with Gasteiger partial charge in [0.25, 0.3) is 0 Å². The fourth-order valence-corrected chi connectivity index (χ4v) is 3.40. The van der Waals surface area contributed by atoms with Crippen LogP contribution in [0.4, 0.5) is 4.79 Å². The molecular weight excluding hydrogens is 370 g/mol. The average molecular weight is 395 g/mol. The molecule has 2 atom stereocenters. The summed E-state index contributed by atoms with van der Waals surface area (Å²) in [6.45, 7) is 0.577. The van der Waals surface area contributed by atoms with Crippen molar-refractivity contribution in [2.24, 2.45) is 5.73 Å². The monoisotopic (exact) mass is 395 g/mol. The number of ether oxygens (including phenoxy) is 1. The summed E-state index contributed by atoms with van der Waals surface area (Å²) in [4.78, 5) is 38.5. The Kier molecular flexibility index (Phi) is 6.84. The smallest absolute Gasteiger partial charge is 0.410 e. The minimum absolute atomic E-state index is 0.141. The largest absolute Gasteiger partial charge is 0.445 e. The number of benzene rings is 2. The van der Waals surface area contributed by atoms with Crippen molar-refractivity contribution >= 4 is 17.9 Å². The first-order valence-electron chi connectivity index (χ1n) is 9.65. The predicted octanol–water partition coefficient (Wildman–Crippen LogP) is 2.00. The van der Waals surface area contributed by atoms with Crippen molar-refractivity contribution in [3.05, 3.63) is 71.8 Å². The van der Waals surface area contributed by atoms with Gasteiger partial charge in [-0.3, -0.25) is 14.5 Å². The van der Waals surface area contributed by atoms with Gasteiger partial charge >= 0.3 is 6.09 Å². The quantitative estimate of drug-likeness (QED) is 0.749. The lowest BCUT2D eigenvalue weighted by Crippen LogP contribution is -2.53. The number of nitrogens with two attached hydrogens (primary N) is 1. The second-order valence-electron chi connectivity index (χ2n) is 7.04. The molecular formula is C22H25N3O4. The number of rotatable bonds is 7. The first-order chi connectivity index (χ1) is 14.0. The molecule has 152 valence electrons. The van der Waals surface area contributed by atoms with Crippen molar-refractivity contribution in [1.82, 2.24) is 10.2 Å². The van der Waals surface area contributed by atoms with E-state index in [4.69, 9.17) is 10.5 Å². The average Bonchev–Trinajstić information content (AvgIpc) is 3.23. The zero-order valence-corrected chi connectivity index (χ0v) is 16.1. The van der Waals surface area contributed by atoms with Gasteiger partial charge in [-0.1, -0.05) is 60.7 Å². The summed E-state index contributed by atoms with van der Waals surface area (Å²) in [5, 5.41) is 2.70. The third kappa shape index (κ3) is 5.57. The standard InChI is InChI=1S/C22H25N3O4/c23-20(26)18(14-16-8-3-1-4-9-16)24-21(27)19-12-7-13-25(19)22(28)29-15-17-10-5-2-6-11-17/h1-6,8-11,18-19H,7,12-15H2,(H2,23,26)(H,24,27)/t18-,19-/m0/s1. The summed E-state index contributed by atoms with van der Waals surface area (Å²) in [6, 6.07) is 17.2. The lowest BCUT2D eigenvalue weighted by atomic mass is 10.0. The molecule has 2 aromatic carbocycles. The van der Waals surface area contributed by atoms with E-state index in [2.05, 4.69) is 5.32 Å². The number of primary amides is 1. The topological polar surface area (TPSA) is 102 Å². The van der Waals surface area contributed by atoms with Crippen LogP contribution in [-0.2, 0) is 27.4 Å². The summed E-state index contributed by atoms with van der Waals surface area (Å²) >= 11 is 0. The molecule has 0 aromatic heterocycles. The molecule has 0 unspecified atom stereocenters. The Morgan fingerprint density at radius 3 is 2.28 bits per heavy atom. The molecule has 1 aliphatic rings. The number of likely N-dealkylation sites (tertiary alicyclic amines) is 1. The highest BCUT2D eigenvalue weighted by Gasteiger charge is 2.36. The second-order valence-corrected chi connectivity index (χ2v) is 7.04. The van der Waals surface area contributed by atoms with Crippen molar-refractivity contribution in [3.63, 3.8) is 0 Å². The van der Waals surface area contributed by atoms with E-state index < -0.39 is 24.1 Å². The SMILES string of the molecule is NC(=O)[C@H](Cc1ccccc1)NC(=O)[C@@H]1CCCN1C(=O)OCc1ccccc1. The molecule has 0 radical (unpaired) electrons. The van der Waals surface area contributed by atoms with Gasteiger partial charge in [-0.15, -0.1) is 0 Å². The van der Waals surface area contributed by atoms with Crippen LogP contribution in [0.5, 0.6) is 0 Å². The minimum atomic E-state index is -0.840. The molecule has 1 saturated heterocycles. The van der Waals surface area contributed by atoms with E-state index in [-0.39, 0.29) is 12.5 Å². The van der Waals surface area contributed by atoms with E-state index in [1.165, 1.54) is 4.90 Å². The van der Waals surface area contributed by atoms with Gasteiger partial charge in [0, 0.05) is 13.0 Å². The number of carbonyl (C=O) groups is 3. The van der Waals surface area contributed by atoms with E-state index in [0.717, 1.165) is 11.1 Å². The summed E-state index contributed by atoms with van der Waals surface area (Å²) in [6.07, 6.45) is 0.972. The first kappa shape index (κ1) is 20.4. The van der Waals surface area contributed by atoms with E-state index in [1.807, 2.05) is 60.7 Å². The van der Waals surface area contributed by atoms with Crippen LogP contribution in [0.25, 0.3) is 0 Å². The highest BCUT2D eigenvalue weighted by Crippen LogP contribution is 2.19. The molecule has 7 nitrogen and oxygen atoms in total. The van der Waals surface area contributed by atoms with Crippen molar-refractivity contribution in [3.8, 4) is 0 Å². The molecule has 2 aromatic rings. The molecule has 0 aliphatic carbocycles. The van der Waals surface area contributed by atoms with Gasteiger partial charge in [-0.05, 0) is 24.0 Å². The maximum atomic E-state index is 12.8. The number of nitrogens with one attached hydrogen (secondary N) is 1. The summed E-state index contributed by atoms with van der Waals surface area (Å²) < 4.78 is 5.36. The molecule has 1 aliphatic heterocycles. The van der Waals surface area contributed by atoms with Crippen LogP contribution >= 0.6 is 0 Å². The van der Waals surface area contributed by atoms with Gasteiger partial charge in [0.15, 0.2) is 0 Å². The van der Waals surface area contributed by atoms with Crippen molar-refractivity contribution in [2.75, 3.05) is 6.54 Å². The zero-order chi connectivity index (χ0) is 20.6. The fraction of sp³-hybridized carbons (Fsp3) is 0.318. The lowest BCUT2D eigenvalue weighted by Gasteiger charge is -2.25. The van der Waals surface area contributed by atoms with Gasteiger partial charge in [-0.2, -0.15) is 0 Å². The van der Waals surface area contributed by atoms with Crippen molar-refractivity contribution in [1.29, 1.82) is 0 Å². The Morgan fingerprint density at radius 1 is 1.03 bits per heavy atom. The highest BCUT2D eigenvalue weighted by molar-refractivity contribution is 5.91. The number of amides is 3. The highest BCUT2D eigenvalue weighted by atomic mass is 16.6. The van der Waals surface area contributed by atoms with Gasteiger partial charge in [0.1, 0.15) is 18.7 Å². The fourth-order valence-electron chi connectivity index (χ4n) is 3.40. The second kappa shape index (κ2) is 9.73. The molecule has 3 N–H and O–H groups in total. The van der Waals surface area contributed by atoms with Crippen molar-refractivity contribution in [2.45, 2.75) is 38.0 Å². The molecule has 0 bridgehead atoms. The van der Waals surface area contributed by atoms with Crippen LogP contribution in [0.1, 0.15) is 24.0 Å². The first-order valence-corrected chi connectivity index (χ1v) is 9.65. The van der Waals surface area contributed by atoms with Crippen LogP contribution in [-0.4, -0.2) is 41.4 Å². The Labute approximate surface area is 169 Å². The third-order valence-electron chi connectivity index (χ3n) is 4.94. The Bertz CT molecular complexity index is 842. The van der Waals surface area contributed by atoms with Gasteiger partial charge in [0.05, 0.1) is 0 Å². The molecule has 7 heteroatoms. The van der Waals surface area contributed by atoms with Gasteiger partial charge in [-0.25, -0.2) is 4.79 Å². The Balaban J connectivity index is 1.59. The molecule has 1 fully saturated rings. The maximum Gasteiger partial charge on any atom is 0.410 e. The van der Waals surface area contributed by atoms with Crippen molar-refractivity contribution < 1.29 is 19.1 Å². The van der Waals surface area contributed by atoms with E-state index >= 15 is 0 Å². The molecule has 1 heterocycles. The summed E-state index contributed by atoms with van der Waals surface area (Å²) in [7, 11) is 0. The van der Waals surface area contributed by atoms with E-state index in [9.17, 15) is 14.4 Å². The van der Waals surface area contributed by atoms with Crippen LogP contribution < -0.4 is 11.1 Å². The Morgan fingerprint density at radius 2 is 1.66 bits per heavy atom. The number of hydrogen-bond donors (Lipinski definition) is 2.